The van der Waals surface area contributed by atoms with Crippen molar-refractivity contribution in [1.29, 1.82) is 0 Å². The van der Waals surface area contributed by atoms with Gasteiger partial charge in [0.1, 0.15) is 6.04 Å². The van der Waals surface area contributed by atoms with Gasteiger partial charge in [-0.05, 0) is 49.4 Å². The van der Waals surface area contributed by atoms with Crippen LogP contribution in [0, 0.1) is 0 Å². The molecule has 1 unspecified atom stereocenters. The van der Waals surface area contributed by atoms with Gasteiger partial charge in [0.15, 0.2) is 0 Å². The first kappa shape index (κ1) is 19.3. The molecule has 1 atom stereocenters. The van der Waals surface area contributed by atoms with Crippen LogP contribution in [-0.4, -0.2) is 36.7 Å². The van der Waals surface area contributed by atoms with E-state index in [0.29, 0.717) is 5.69 Å². The molecule has 2 N–H and O–H groups in total. The molecule has 0 saturated carbocycles. The summed E-state index contributed by atoms with van der Waals surface area (Å²) in [5.41, 5.74) is 4.85. The van der Waals surface area contributed by atoms with Crippen molar-refractivity contribution in [1.82, 2.24) is 24.7 Å². The number of pyridine rings is 3. The van der Waals surface area contributed by atoms with Gasteiger partial charge < -0.3 is 10.6 Å². The first-order valence-corrected chi connectivity index (χ1v) is 9.48. The fourth-order valence-corrected chi connectivity index (χ4v) is 2.97. The molecule has 0 aliphatic carbocycles. The quantitative estimate of drug-likeness (QED) is 0.516. The van der Waals surface area contributed by atoms with Gasteiger partial charge in [0, 0.05) is 31.2 Å². The number of amides is 1. The molecule has 30 heavy (non-hydrogen) atoms. The molecule has 0 fully saturated rings. The third-order valence-corrected chi connectivity index (χ3v) is 4.61. The maximum atomic E-state index is 12.5. The number of aryl methyl sites for hydroxylation is 1. The number of aromatic nitrogens is 5. The second kappa shape index (κ2) is 8.52. The number of nitrogens with one attached hydrogen (secondary N) is 2. The van der Waals surface area contributed by atoms with Crippen LogP contribution in [0.2, 0.25) is 0 Å². The molecule has 150 valence electrons. The summed E-state index contributed by atoms with van der Waals surface area (Å²) in [7, 11) is 1.87. The van der Waals surface area contributed by atoms with E-state index in [1.54, 1.807) is 42.6 Å². The van der Waals surface area contributed by atoms with Crippen LogP contribution in [-0.2, 0) is 11.8 Å². The van der Waals surface area contributed by atoms with Crippen LogP contribution >= 0.6 is 0 Å². The largest absolute Gasteiger partial charge is 0.373 e. The molecule has 8 nitrogen and oxygen atoms in total. The summed E-state index contributed by atoms with van der Waals surface area (Å²) in [6.45, 7) is 1.79. The van der Waals surface area contributed by atoms with Crippen molar-refractivity contribution >= 4 is 17.3 Å². The van der Waals surface area contributed by atoms with Gasteiger partial charge >= 0.3 is 0 Å². The Morgan fingerprint density at radius 1 is 0.933 bits per heavy atom. The first-order valence-electron chi connectivity index (χ1n) is 9.48. The molecule has 0 bridgehead atoms. The smallest absolute Gasteiger partial charge is 0.246 e. The van der Waals surface area contributed by atoms with Crippen molar-refractivity contribution < 1.29 is 4.79 Å². The van der Waals surface area contributed by atoms with Crippen molar-refractivity contribution in [2.45, 2.75) is 13.0 Å². The number of anilines is 2. The highest BCUT2D eigenvalue weighted by Crippen LogP contribution is 2.19. The Morgan fingerprint density at radius 3 is 2.33 bits per heavy atom. The normalized spacial score (nSPS) is 11.7. The summed E-state index contributed by atoms with van der Waals surface area (Å²) in [5.74, 6) is -0.165. The van der Waals surface area contributed by atoms with E-state index in [4.69, 9.17) is 0 Å². The summed E-state index contributed by atoms with van der Waals surface area (Å²) in [5, 5.41) is 10.2. The third kappa shape index (κ3) is 4.33. The Bertz CT molecular complexity index is 1120. The minimum atomic E-state index is -0.452. The van der Waals surface area contributed by atoms with E-state index in [1.807, 2.05) is 49.5 Å². The van der Waals surface area contributed by atoms with Crippen LogP contribution in [0.5, 0.6) is 0 Å². The standard InChI is InChI=1S/C22H21N7O/c1-15(27-17-6-8-20(25-13-17)21-9-11-26-29(21)2)22(30)28-18-5-7-19(24-14-18)16-4-3-10-23-12-16/h3-15,27H,1-2H3,(H,28,30). The minimum absolute atomic E-state index is 0.165. The maximum Gasteiger partial charge on any atom is 0.246 e. The van der Waals surface area contributed by atoms with Crippen LogP contribution in [0.4, 0.5) is 11.4 Å². The molecule has 4 heterocycles. The minimum Gasteiger partial charge on any atom is -0.373 e. The molecule has 0 spiro atoms. The van der Waals surface area contributed by atoms with Crippen LogP contribution in [0.1, 0.15) is 6.92 Å². The molecule has 0 aliphatic rings. The van der Waals surface area contributed by atoms with Gasteiger partial charge in [-0.3, -0.25) is 24.4 Å². The van der Waals surface area contributed by atoms with E-state index >= 15 is 0 Å². The molecule has 8 heteroatoms. The Morgan fingerprint density at radius 2 is 1.70 bits per heavy atom. The lowest BCUT2D eigenvalue weighted by molar-refractivity contribution is -0.116. The van der Waals surface area contributed by atoms with Crippen LogP contribution in [0.25, 0.3) is 22.6 Å². The summed E-state index contributed by atoms with van der Waals surface area (Å²) in [6, 6.07) is 12.7. The molecule has 0 saturated heterocycles. The van der Waals surface area contributed by atoms with E-state index in [1.165, 1.54) is 0 Å². The molecule has 4 aromatic heterocycles. The molecule has 4 aromatic rings. The number of rotatable bonds is 6. The molecule has 4 rings (SSSR count). The van der Waals surface area contributed by atoms with Crippen molar-refractivity contribution in [2.75, 3.05) is 10.6 Å². The van der Waals surface area contributed by atoms with E-state index in [0.717, 1.165) is 28.3 Å². The second-order valence-electron chi connectivity index (χ2n) is 6.80. The lowest BCUT2D eigenvalue weighted by Gasteiger charge is -2.15. The third-order valence-electron chi connectivity index (χ3n) is 4.61. The number of carbonyl (C=O) groups excluding carboxylic acids is 1. The lowest BCUT2D eigenvalue weighted by Crippen LogP contribution is -2.31. The average Bonchev–Trinajstić information content (AvgIpc) is 3.21. The van der Waals surface area contributed by atoms with Crippen LogP contribution < -0.4 is 10.6 Å². The van der Waals surface area contributed by atoms with Gasteiger partial charge in [0.05, 0.1) is 40.9 Å². The Balaban J connectivity index is 1.36. The molecule has 1 amide bonds. The van der Waals surface area contributed by atoms with E-state index in [-0.39, 0.29) is 5.91 Å². The van der Waals surface area contributed by atoms with Crippen molar-refractivity contribution in [3.8, 4) is 22.6 Å². The molecular formula is C22H21N7O. The van der Waals surface area contributed by atoms with Gasteiger partial charge in [-0.25, -0.2) is 0 Å². The van der Waals surface area contributed by atoms with Crippen LogP contribution in [0.15, 0.2) is 73.4 Å². The fourth-order valence-electron chi connectivity index (χ4n) is 2.97. The molecule has 0 aliphatic heterocycles. The Hall–Kier alpha value is -4.07. The summed E-state index contributed by atoms with van der Waals surface area (Å²) in [4.78, 5) is 25.5. The lowest BCUT2D eigenvalue weighted by atomic mass is 10.2. The molecular weight excluding hydrogens is 378 g/mol. The predicted molar refractivity (Wildman–Crippen MR) is 116 cm³/mol. The highest BCUT2D eigenvalue weighted by Gasteiger charge is 2.14. The van der Waals surface area contributed by atoms with E-state index in [9.17, 15) is 4.79 Å². The number of nitrogens with zero attached hydrogens (tertiary/aromatic N) is 5. The summed E-state index contributed by atoms with van der Waals surface area (Å²) in [6.07, 6.45) is 8.54. The number of hydrogen-bond donors (Lipinski definition) is 2. The summed E-state index contributed by atoms with van der Waals surface area (Å²) >= 11 is 0. The fraction of sp³-hybridized carbons (Fsp3) is 0.136. The monoisotopic (exact) mass is 399 g/mol. The van der Waals surface area contributed by atoms with Gasteiger partial charge in [0.2, 0.25) is 5.91 Å². The number of carbonyl (C=O) groups is 1. The van der Waals surface area contributed by atoms with Crippen LogP contribution in [0.3, 0.4) is 0 Å². The first-order chi connectivity index (χ1) is 14.6. The van der Waals surface area contributed by atoms with E-state index in [2.05, 4.69) is 30.7 Å². The van der Waals surface area contributed by atoms with Gasteiger partial charge in [-0.1, -0.05) is 0 Å². The zero-order valence-electron chi connectivity index (χ0n) is 16.6. The van der Waals surface area contributed by atoms with Crippen molar-refractivity contribution in [3.63, 3.8) is 0 Å². The second-order valence-corrected chi connectivity index (χ2v) is 6.80. The van der Waals surface area contributed by atoms with E-state index < -0.39 is 6.04 Å². The van der Waals surface area contributed by atoms with Crippen molar-refractivity contribution in [2.24, 2.45) is 7.05 Å². The SMILES string of the molecule is CC(Nc1ccc(-c2ccnn2C)nc1)C(=O)Nc1ccc(-c2cccnc2)nc1. The highest BCUT2D eigenvalue weighted by atomic mass is 16.2. The molecule has 0 aromatic carbocycles. The van der Waals surface area contributed by atoms with Crippen molar-refractivity contribution in [3.05, 3.63) is 73.4 Å². The average molecular weight is 399 g/mol. The Labute approximate surface area is 174 Å². The topological polar surface area (TPSA) is 97.6 Å². The zero-order valence-corrected chi connectivity index (χ0v) is 16.6. The summed E-state index contributed by atoms with van der Waals surface area (Å²) < 4.78 is 1.76. The molecule has 0 radical (unpaired) electrons. The maximum absolute atomic E-state index is 12.5. The van der Waals surface area contributed by atoms with Gasteiger partial charge in [-0.15, -0.1) is 0 Å². The highest BCUT2D eigenvalue weighted by molar-refractivity contribution is 5.96. The number of hydrogen-bond acceptors (Lipinski definition) is 6. The van der Waals surface area contributed by atoms with Gasteiger partial charge in [0.25, 0.3) is 0 Å². The van der Waals surface area contributed by atoms with Gasteiger partial charge in [-0.2, -0.15) is 5.10 Å². The Kier molecular flexibility index (Phi) is 5.47. The zero-order chi connectivity index (χ0) is 20.9. The predicted octanol–water partition coefficient (Wildman–Crippen LogP) is 3.38.